The van der Waals surface area contributed by atoms with Crippen LogP contribution in [0.2, 0.25) is 0 Å². The number of aryl methyl sites for hydroxylation is 1. The predicted octanol–water partition coefficient (Wildman–Crippen LogP) is 2.50. The zero-order valence-corrected chi connectivity index (χ0v) is 9.54. The van der Waals surface area contributed by atoms with Gasteiger partial charge in [0.2, 0.25) is 0 Å². The zero-order valence-electron chi connectivity index (χ0n) is 9.54. The second-order valence-corrected chi connectivity index (χ2v) is 3.96. The number of benzene rings is 1. The van der Waals surface area contributed by atoms with Crippen LogP contribution in [0.4, 0.5) is 5.69 Å². The number of nitro benzene ring substituents is 1. The molecular formula is C12H12N2O3. The first-order chi connectivity index (χ1) is 8.02. The molecule has 1 heterocycles. The van der Waals surface area contributed by atoms with Crippen molar-refractivity contribution in [1.82, 2.24) is 4.98 Å². The number of nitro groups is 1. The van der Waals surface area contributed by atoms with Crippen molar-refractivity contribution in [2.45, 2.75) is 20.0 Å². The molecule has 17 heavy (non-hydrogen) atoms. The average molecular weight is 232 g/mol. The van der Waals surface area contributed by atoms with Crippen LogP contribution in [0.25, 0.3) is 10.8 Å². The lowest BCUT2D eigenvalue weighted by Crippen LogP contribution is -1.99. The molecular weight excluding hydrogens is 220 g/mol. The van der Waals surface area contributed by atoms with Gasteiger partial charge in [-0.15, -0.1) is 0 Å². The van der Waals surface area contributed by atoms with E-state index < -0.39 is 11.0 Å². The fraction of sp³-hybridized carbons (Fsp3) is 0.250. The molecule has 1 unspecified atom stereocenters. The van der Waals surface area contributed by atoms with Crippen molar-refractivity contribution >= 4 is 16.5 Å². The summed E-state index contributed by atoms with van der Waals surface area (Å²) in [6.45, 7) is 3.29. The van der Waals surface area contributed by atoms with E-state index in [1.165, 1.54) is 6.20 Å². The molecule has 2 rings (SSSR count). The third kappa shape index (κ3) is 1.85. The molecule has 0 aliphatic rings. The number of pyridine rings is 1. The van der Waals surface area contributed by atoms with Crippen molar-refractivity contribution in [2.24, 2.45) is 0 Å². The average Bonchev–Trinajstić information content (AvgIpc) is 2.26. The van der Waals surface area contributed by atoms with Gasteiger partial charge in [0.1, 0.15) is 0 Å². The van der Waals surface area contributed by atoms with Gasteiger partial charge in [-0.3, -0.25) is 15.1 Å². The van der Waals surface area contributed by atoms with Crippen molar-refractivity contribution in [3.63, 3.8) is 0 Å². The quantitative estimate of drug-likeness (QED) is 0.637. The van der Waals surface area contributed by atoms with E-state index in [-0.39, 0.29) is 5.69 Å². The van der Waals surface area contributed by atoms with Crippen LogP contribution in [0, 0.1) is 17.0 Å². The molecule has 5 heteroatoms. The first-order valence-corrected chi connectivity index (χ1v) is 5.23. The van der Waals surface area contributed by atoms with Crippen molar-refractivity contribution in [1.29, 1.82) is 0 Å². The highest BCUT2D eigenvalue weighted by molar-refractivity contribution is 5.93. The number of aliphatic hydroxyl groups is 1. The van der Waals surface area contributed by atoms with Crippen LogP contribution in [-0.4, -0.2) is 15.0 Å². The Bertz CT molecular complexity index is 594. The summed E-state index contributed by atoms with van der Waals surface area (Å²) >= 11 is 0. The van der Waals surface area contributed by atoms with Gasteiger partial charge in [0, 0.05) is 17.1 Å². The first kappa shape index (κ1) is 11.5. The van der Waals surface area contributed by atoms with Crippen LogP contribution in [0.1, 0.15) is 24.3 Å². The van der Waals surface area contributed by atoms with Gasteiger partial charge in [-0.05, 0) is 19.9 Å². The van der Waals surface area contributed by atoms with E-state index in [4.69, 9.17) is 0 Å². The Labute approximate surface area is 97.9 Å². The fourth-order valence-electron chi connectivity index (χ4n) is 1.95. The molecule has 1 atom stereocenters. The number of fused-ring (bicyclic) bond motifs is 1. The molecule has 0 aliphatic heterocycles. The molecule has 0 fully saturated rings. The second kappa shape index (κ2) is 4.10. The molecule has 0 saturated carbocycles. The van der Waals surface area contributed by atoms with Crippen LogP contribution in [-0.2, 0) is 0 Å². The van der Waals surface area contributed by atoms with Crippen LogP contribution in [0.15, 0.2) is 24.4 Å². The number of rotatable bonds is 2. The second-order valence-electron chi connectivity index (χ2n) is 3.96. The Balaban J connectivity index is 2.88. The first-order valence-electron chi connectivity index (χ1n) is 5.23. The molecule has 5 nitrogen and oxygen atoms in total. The Morgan fingerprint density at radius 2 is 2.06 bits per heavy atom. The lowest BCUT2D eigenvalue weighted by molar-refractivity contribution is -0.383. The predicted molar refractivity (Wildman–Crippen MR) is 63.8 cm³/mol. The zero-order chi connectivity index (χ0) is 12.6. The van der Waals surface area contributed by atoms with E-state index >= 15 is 0 Å². The SMILES string of the molecule is Cc1ccc2c(C(C)O)nccc2c1[N+](=O)[O-]. The lowest BCUT2D eigenvalue weighted by Gasteiger charge is -2.09. The van der Waals surface area contributed by atoms with Gasteiger partial charge < -0.3 is 5.11 Å². The topological polar surface area (TPSA) is 76.3 Å². The molecule has 2 aromatic rings. The number of aliphatic hydroxyl groups excluding tert-OH is 1. The molecule has 1 N–H and O–H groups in total. The van der Waals surface area contributed by atoms with E-state index in [0.29, 0.717) is 22.0 Å². The molecule has 88 valence electrons. The monoisotopic (exact) mass is 232 g/mol. The lowest BCUT2D eigenvalue weighted by atomic mass is 10.0. The molecule has 0 aliphatic carbocycles. The summed E-state index contributed by atoms with van der Waals surface area (Å²) in [5.74, 6) is 0. The maximum Gasteiger partial charge on any atom is 0.280 e. The number of aromatic nitrogens is 1. The van der Waals surface area contributed by atoms with E-state index in [1.54, 1.807) is 32.0 Å². The van der Waals surface area contributed by atoms with Crippen molar-refractivity contribution in [2.75, 3.05) is 0 Å². The van der Waals surface area contributed by atoms with E-state index in [2.05, 4.69) is 4.98 Å². The smallest absolute Gasteiger partial charge is 0.280 e. The summed E-state index contributed by atoms with van der Waals surface area (Å²) in [5, 5.41) is 21.8. The summed E-state index contributed by atoms with van der Waals surface area (Å²) in [4.78, 5) is 14.7. The summed E-state index contributed by atoms with van der Waals surface area (Å²) in [6, 6.07) is 5.03. The van der Waals surface area contributed by atoms with E-state index in [9.17, 15) is 15.2 Å². The maximum atomic E-state index is 11.0. The van der Waals surface area contributed by atoms with Crippen molar-refractivity contribution in [3.8, 4) is 0 Å². The van der Waals surface area contributed by atoms with Gasteiger partial charge in [0.05, 0.1) is 22.1 Å². The highest BCUT2D eigenvalue weighted by Gasteiger charge is 2.18. The summed E-state index contributed by atoms with van der Waals surface area (Å²) in [6.07, 6.45) is 0.734. The molecule has 0 bridgehead atoms. The Morgan fingerprint density at radius 1 is 1.35 bits per heavy atom. The van der Waals surface area contributed by atoms with E-state index in [0.717, 1.165) is 0 Å². The standard InChI is InChI=1S/C12H12N2O3/c1-7-3-4-9-10(12(7)14(16)17)5-6-13-11(9)8(2)15/h3-6,8,15H,1-2H3. The van der Waals surface area contributed by atoms with Crippen LogP contribution >= 0.6 is 0 Å². The molecule has 1 aromatic carbocycles. The van der Waals surface area contributed by atoms with Gasteiger partial charge in [-0.25, -0.2) is 0 Å². The van der Waals surface area contributed by atoms with Crippen LogP contribution in [0.3, 0.4) is 0 Å². The maximum absolute atomic E-state index is 11.0. The Morgan fingerprint density at radius 3 is 2.65 bits per heavy atom. The van der Waals surface area contributed by atoms with Gasteiger partial charge in [-0.1, -0.05) is 12.1 Å². The highest BCUT2D eigenvalue weighted by atomic mass is 16.6. The Hall–Kier alpha value is -2.01. The molecule has 1 aromatic heterocycles. The van der Waals surface area contributed by atoms with Crippen molar-refractivity contribution in [3.05, 3.63) is 45.8 Å². The summed E-state index contributed by atoms with van der Waals surface area (Å²) < 4.78 is 0. The minimum Gasteiger partial charge on any atom is -0.387 e. The fourth-order valence-corrected chi connectivity index (χ4v) is 1.95. The third-order valence-electron chi connectivity index (χ3n) is 2.73. The summed E-state index contributed by atoms with van der Waals surface area (Å²) in [7, 11) is 0. The third-order valence-corrected chi connectivity index (χ3v) is 2.73. The van der Waals surface area contributed by atoms with Gasteiger partial charge in [0.15, 0.2) is 0 Å². The van der Waals surface area contributed by atoms with E-state index in [1.807, 2.05) is 0 Å². The normalized spacial score (nSPS) is 12.6. The molecule has 0 radical (unpaired) electrons. The summed E-state index contributed by atoms with van der Waals surface area (Å²) in [5.41, 5.74) is 1.14. The molecule has 0 saturated heterocycles. The number of nitrogens with zero attached hydrogens (tertiary/aromatic N) is 2. The molecule has 0 amide bonds. The minimum absolute atomic E-state index is 0.0757. The molecule has 0 spiro atoms. The minimum atomic E-state index is -0.749. The highest BCUT2D eigenvalue weighted by Crippen LogP contribution is 2.31. The van der Waals surface area contributed by atoms with Crippen molar-refractivity contribution < 1.29 is 10.0 Å². The van der Waals surface area contributed by atoms with Gasteiger partial charge in [-0.2, -0.15) is 0 Å². The largest absolute Gasteiger partial charge is 0.387 e. The Kier molecular flexibility index (Phi) is 2.77. The van der Waals surface area contributed by atoms with Gasteiger partial charge >= 0.3 is 0 Å². The number of hydrogen-bond acceptors (Lipinski definition) is 4. The van der Waals surface area contributed by atoms with Crippen LogP contribution < -0.4 is 0 Å². The van der Waals surface area contributed by atoms with Gasteiger partial charge in [0.25, 0.3) is 5.69 Å². The van der Waals surface area contributed by atoms with Crippen LogP contribution in [0.5, 0.6) is 0 Å². The number of hydrogen-bond donors (Lipinski definition) is 1.